The number of hydrogen-bond acceptors (Lipinski definition) is 5. The van der Waals surface area contributed by atoms with E-state index in [-0.39, 0.29) is 30.5 Å². The van der Waals surface area contributed by atoms with Crippen LogP contribution in [-0.2, 0) is 14.3 Å². The van der Waals surface area contributed by atoms with Crippen molar-refractivity contribution in [2.24, 2.45) is 0 Å². The van der Waals surface area contributed by atoms with E-state index >= 15 is 0 Å². The van der Waals surface area contributed by atoms with Crippen LogP contribution < -0.4 is 9.64 Å². The van der Waals surface area contributed by atoms with Crippen molar-refractivity contribution in [1.29, 1.82) is 0 Å². The van der Waals surface area contributed by atoms with Gasteiger partial charge in [-0.15, -0.1) is 0 Å². The number of para-hydroxylation sites is 1. The molecule has 2 saturated heterocycles. The number of hydrogen-bond donors (Lipinski definition) is 0. The Balaban J connectivity index is 1.29. The summed E-state index contributed by atoms with van der Waals surface area (Å²) in [6.07, 6.45) is 5.57. The maximum Gasteiger partial charge on any atom is 0.289 e. The van der Waals surface area contributed by atoms with Gasteiger partial charge in [0.2, 0.25) is 5.91 Å². The van der Waals surface area contributed by atoms with E-state index in [4.69, 9.17) is 9.47 Å². The van der Waals surface area contributed by atoms with Crippen LogP contribution in [0.2, 0.25) is 0 Å². The minimum absolute atomic E-state index is 0.00817. The number of nitrogens with zero attached hydrogens (tertiary/aromatic N) is 3. The molecule has 2 amide bonds. The smallest absolute Gasteiger partial charge is 0.289 e. The molecular weight excluding hydrogens is 522 g/mol. The molecule has 2 aromatic carbocycles. The maximum atomic E-state index is 13.6. The van der Waals surface area contributed by atoms with Crippen molar-refractivity contribution in [1.82, 2.24) is 9.80 Å². The van der Waals surface area contributed by atoms with E-state index < -0.39 is 0 Å². The summed E-state index contributed by atoms with van der Waals surface area (Å²) in [6, 6.07) is 15.9. The Morgan fingerprint density at radius 2 is 1.83 bits per heavy atom. The highest BCUT2D eigenvalue weighted by Gasteiger charge is 2.42. The molecule has 36 heavy (non-hydrogen) atoms. The van der Waals surface area contributed by atoms with Crippen molar-refractivity contribution >= 4 is 39.5 Å². The Morgan fingerprint density at radius 1 is 1.08 bits per heavy atom. The number of piperazine rings is 1. The van der Waals surface area contributed by atoms with Crippen LogP contribution in [0.5, 0.6) is 5.75 Å². The van der Waals surface area contributed by atoms with Crippen molar-refractivity contribution in [3.05, 3.63) is 64.3 Å². The van der Waals surface area contributed by atoms with Crippen LogP contribution in [0.25, 0.3) is 6.08 Å². The van der Waals surface area contributed by atoms with Crippen molar-refractivity contribution in [2.75, 3.05) is 44.7 Å². The van der Waals surface area contributed by atoms with Crippen molar-refractivity contribution in [2.45, 2.75) is 37.8 Å². The molecule has 2 heterocycles. The summed E-state index contributed by atoms with van der Waals surface area (Å²) in [6.45, 7) is 2.98. The summed E-state index contributed by atoms with van der Waals surface area (Å²) in [5.41, 5.74) is 2.02. The molecule has 2 atom stereocenters. The molecule has 3 aliphatic rings. The molecule has 2 unspecified atom stereocenters. The number of amides is 2. The van der Waals surface area contributed by atoms with Gasteiger partial charge in [-0.1, -0.05) is 30.7 Å². The molecule has 0 radical (unpaired) electrons. The average Bonchev–Trinajstić information content (AvgIpc) is 2.91. The normalized spacial score (nSPS) is 23.3. The summed E-state index contributed by atoms with van der Waals surface area (Å²) in [7, 11) is 1.62. The first-order valence-electron chi connectivity index (χ1n) is 12.6. The van der Waals surface area contributed by atoms with Crippen LogP contribution in [-0.4, -0.2) is 73.6 Å². The maximum absolute atomic E-state index is 13.6. The Morgan fingerprint density at radius 3 is 2.56 bits per heavy atom. The molecule has 1 saturated carbocycles. The van der Waals surface area contributed by atoms with Crippen LogP contribution in [0.3, 0.4) is 0 Å². The summed E-state index contributed by atoms with van der Waals surface area (Å²) in [5.74, 6) is 0.826. The number of benzene rings is 2. The van der Waals surface area contributed by atoms with Crippen molar-refractivity contribution < 1.29 is 19.1 Å². The fraction of sp³-hybridized carbons (Fsp3) is 0.429. The SMILES string of the molecule is COc1ccc(/C=C2\OC3CCCCC3N(CC(=O)N3CCN(c4ccccc4)CC3)C2=O)cc1Br. The predicted molar refractivity (Wildman–Crippen MR) is 143 cm³/mol. The topological polar surface area (TPSA) is 62.3 Å². The molecule has 1 aliphatic carbocycles. The second-order valence-electron chi connectivity index (χ2n) is 9.55. The van der Waals surface area contributed by atoms with Crippen LogP contribution in [0.4, 0.5) is 5.69 Å². The zero-order chi connectivity index (χ0) is 25.1. The predicted octanol–water partition coefficient (Wildman–Crippen LogP) is 4.32. The number of fused-ring (bicyclic) bond motifs is 1. The number of carbonyl (C=O) groups is 2. The van der Waals surface area contributed by atoms with Crippen LogP contribution in [0.15, 0.2) is 58.8 Å². The molecule has 0 N–H and O–H groups in total. The summed E-state index contributed by atoms with van der Waals surface area (Å²) < 4.78 is 12.3. The average molecular weight is 554 g/mol. The zero-order valence-electron chi connectivity index (χ0n) is 20.6. The Bertz CT molecular complexity index is 1130. The van der Waals surface area contributed by atoms with Gasteiger partial charge in [0, 0.05) is 31.9 Å². The molecule has 8 heteroatoms. The van der Waals surface area contributed by atoms with Crippen molar-refractivity contribution in [3.63, 3.8) is 0 Å². The van der Waals surface area contributed by atoms with Crippen molar-refractivity contribution in [3.8, 4) is 5.75 Å². The third-order valence-electron chi connectivity index (χ3n) is 7.35. The first kappa shape index (κ1) is 24.7. The highest BCUT2D eigenvalue weighted by molar-refractivity contribution is 9.10. The number of halogens is 1. The molecular formula is C28H32BrN3O4. The molecule has 0 aromatic heterocycles. The van der Waals surface area contributed by atoms with E-state index in [0.29, 0.717) is 18.8 Å². The molecule has 0 spiro atoms. The first-order valence-corrected chi connectivity index (χ1v) is 13.4. The van der Waals surface area contributed by atoms with E-state index in [0.717, 1.165) is 54.6 Å². The third kappa shape index (κ3) is 5.24. The Kier molecular flexibility index (Phi) is 7.51. The standard InChI is InChI=1S/C28H32BrN3O4/c1-35-24-12-11-20(17-22(24)29)18-26-28(34)32(23-9-5-6-10-25(23)36-26)19-27(33)31-15-13-30(14-16-31)21-7-3-2-4-8-21/h2-4,7-8,11-12,17-18,23,25H,5-6,9-10,13-16,19H2,1H3/b26-18-. The van der Waals surface area contributed by atoms with Gasteiger partial charge in [-0.05, 0) is 71.1 Å². The molecule has 5 rings (SSSR count). The minimum Gasteiger partial charge on any atom is -0.496 e. The molecule has 0 bridgehead atoms. The number of ether oxygens (including phenoxy) is 2. The van der Waals surface area contributed by atoms with Gasteiger partial charge >= 0.3 is 0 Å². The number of rotatable bonds is 5. The van der Waals surface area contributed by atoms with Gasteiger partial charge < -0.3 is 24.2 Å². The molecule has 2 aliphatic heterocycles. The monoisotopic (exact) mass is 553 g/mol. The van der Waals surface area contributed by atoms with Gasteiger partial charge in [-0.3, -0.25) is 9.59 Å². The Labute approximate surface area is 220 Å². The molecule has 2 aromatic rings. The van der Waals surface area contributed by atoms with Gasteiger partial charge in [-0.25, -0.2) is 0 Å². The lowest BCUT2D eigenvalue weighted by atomic mass is 9.89. The number of carbonyl (C=O) groups excluding carboxylic acids is 2. The van der Waals surface area contributed by atoms with Gasteiger partial charge in [0.25, 0.3) is 5.91 Å². The number of methoxy groups -OCH3 is 1. The zero-order valence-corrected chi connectivity index (χ0v) is 22.2. The van der Waals surface area contributed by atoms with Gasteiger partial charge in [0.05, 0.1) is 17.6 Å². The van der Waals surface area contributed by atoms with E-state index in [2.05, 4.69) is 33.0 Å². The van der Waals surface area contributed by atoms with Gasteiger partial charge in [0.1, 0.15) is 18.4 Å². The second kappa shape index (κ2) is 10.9. The molecule has 190 valence electrons. The van der Waals surface area contributed by atoms with E-state index in [1.54, 1.807) is 18.1 Å². The summed E-state index contributed by atoms with van der Waals surface area (Å²) in [4.78, 5) is 32.9. The fourth-order valence-corrected chi connectivity index (χ4v) is 5.94. The van der Waals surface area contributed by atoms with E-state index in [9.17, 15) is 9.59 Å². The first-order chi connectivity index (χ1) is 17.5. The largest absolute Gasteiger partial charge is 0.496 e. The second-order valence-corrected chi connectivity index (χ2v) is 10.4. The lowest BCUT2D eigenvalue weighted by molar-refractivity contribution is -0.154. The highest BCUT2D eigenvalue weighted by Crippen LogP contribution is 2.34. The van der Waals surface area contributed by atoms with Gasteiger partial charge in [0.15, 0.2) is 5.76 Å². The lowest BCUT2D eigenvalue weighted by Gasteiger charge is -2.45. The number of morpholine rings is 1. The summed E-state index contributed by atoms with van der Waals surface area (Å²) >= 11 is 3.51. The van der Waals surface area contributed by atoms with Crippen LogP contribution in [0.1, 0.15) is 31.2 Å². The fourth-order valence-electron chi connectivity index (χ4n) is 5.38. The van der Waals surface area contributed by atoms with Crippen LogP contribution in [0, 0.1) is 0 Å². The molecule has 7 nitrogen and oxygen atoms in total. The van der Waals surface area contributed by atoms with E-state index in [1.165, 1.54) is 5.69 Å². The third-order valence-corrected chi connectivity index (χ3v) is 7.97. The van der Waals surface area contributed by atoms with E-state index in [1.807, 2.05) is 41.3 Å². The quantitative estimate of drug-likeness (QED) is 0.516. The van der Waals surface area contributed by atoms with Crippen LogP contribution >= 0.6 is 15.9 Å². The minimum atomic E-state index is -0.207. The highest BCUT2D eigenvalue weighted by atomic mass is 79.9. The summed E-state index contributed by atoms with van der Waals surface area (Å²) in [5, 5.41) is 0. The lowest BCUT2D eigenvalue weighted by Crippen LogP contribution is -2.58. The molecule has 3 fully saturated rings. The van der Waals surface area contributed by atoms with Gasteiger partial charge in [-0.2, -0.15) is 0 Å². The Hall–Kier alpha value is -3.00. The number of anilines is 1.